The third kappa shape index (κ3) is 3.74. The summed E-state index contributed by atoms with van der Waals surface area (Å²) in [5.41, 5.74) is 0.350. The molecule has 2 aromatic carbocycles. The van der Waals surface area contributed by atoms with Crippen molar-refractivity contribution in [2.75, 3.05) is 0 Å². The minimum atomic E-state index is -4.73. The lowest BCUT2D eigenvalue weighted by Crippen LogP contribution is -2.16. The molecule has 2 rings (SSSR count). The van der Waals surface area contributed by atoms with Crippen molar-refractivity contribution in [2.45, 2.75) is 6.36 Å². The van der Waals surface area contributed by atoms with E-state index in [1.165, 1.54) is 12.1 Å². The summed E-state index contributed by atoms with van der Waals surface area (Å²) < 4.78 is 45.1. The van der Waals surface area contributed by atoms with Crippen molar-refractivity contribution in [1.82, 2.24) is 0 Å². The Morgan fingerprint density at radius 1 is 0.900 bits per heavy atom. The maximum atomic E-state index is 12.0. The molecule has 0 N–H and O–H groups in total. The third-order valence-corrected chi connectivity index (χ3v) is 2.33. The van der Waals surface area contributed by atoms with Crippen molar-refractivity contribution in [3.63, 3.8) is 0 Å². The summed E-state index contributed by atoms with van der Waals surface area (Å²) >= 11 is 0. The van der Waals surface area contributed by atoms with E-state index in [2.05, 4.69) is 4.74 Å². The Balaban J connectivity index is 2.13. The normalized spacial score (nSPS) is 10.9. The number of hydrogen-bond acceptors (Lipinski definition) is 3. The topological polar surface area (TPSA) is 35.5 Å². The van der Waals surface area contributed by atoms with Crippen LogP contribution in [0.25, 0.3) is 0 Å². The van der Waals surface area contributed by atoms with E-state index in [9.17, 15) is 18.0 Å². The molecule has 20 heavy (non-hydrogen) atoms. The molecule has 0 heterocycles. The van der Waals surface area contributed by atoms with Crippen LogP contribution in [-0.2, 0) is 0 Å². The average Bonchev–Trinajstić information content (AvgIpc) is 2.40. The van der Waals surface area contributed by atoms with Gasteiger partial charge in [-0.05, 0) is 36.4 Å². The van der Waals surface area contributed by atoms with Crippen molar-refractivity contribution >= 4 is 6.29 Å². The molecular formula is C14H9F3O3. The fourth-order valence-corrected chi connectivity index (χ4v) is 1.51. The molecule has 0 saturated heterocycles. The molecule has 0 atom stereocenters. The van der Waals surface area contributed by atoms with Gasteiger partial charge in [-0.1, -0.05) is 12.1 Å². The number of hydrogen-bond donors (Lipinski definition) is 0. The second kappa shape index (κ2) is 5.64. The highest BCUT2D eigenvalue weighted by molar-refractivity contribution is 5.79. The monoisotopic (exact) mass is 282 g/mol. The largest absolute Gasteiger partial charge is 0.573 e. The van der Waals surface area contributed by atoms with E-state index in [0.717, 1.165) is 12.1 Å². The zero-order valence-corrected chi connectivity index (χ0v) is 10.1. The highest BCUT2D eigenvalue weighted by Crippen LogP contribution is 2.28. The number of para-hydroxylation sites is 1. The maximum absolute atomic E-state index is 12.0. The number of ether oxygens (including phenoxy) is 2. The first-order chi connectivity index (χ1) is 9.48. The van der Waals surface area contributed by atoms with E-state index in [0.29, 0.717) is 23.3 Å². The number of aldehydes is 1. The molecule has 0 spiro atoms. The van der Waals surface area contributed by atoms with E-state index in [1.807, 2.05) is 0 Å². The Kier molecular flexibility index (Phi) is 3.93. The van der Waals surface area contributed by atoms with Crippen LogP contribution in [0.15, 0.2) is 48.5 Å². The van der Waals surface area contributed by atoms with Gasteiger partial charge in [-0.15, -0.1) is 13.2 Å². The summed E-state index contributed by atoms with van der Waals surface area (Å²) in [5.74, 6) is 0.286. The molecule has 0 fully saturated rings. The molecule has 3 nitrogen and oxygen atoms in total. The first-order valence-corrected chi connectivity index (χ1v) is 5.56. The van der Waals surface area contributed by atoms with Gasteiger partial charge in [0.05, 0.1) is 5.56 Å². The summed E-state index contributed by atoms with van der Waals surface area (Å²) in [6, 6.07) is 11.4. The Hall–Kier alpha value is -2.50. The van der Waals surface area contributed by atoms with Crippen molar-refractivity contribution < 1.29 is 27.4 Å². The first-order valence-electron chi connectivity index (χ1n) is 5.56. The van der Waals surface area contributed by atoms with Crippen LogP contribution in [0.2, 0.25) is 0 Å². The van der Waals surface area contributed by atoms with Gasteiger partial charge in [0.1, 0.15) is 17.2 Å². The van der Waals surface area contributed by atoms with E-state index >= 15 is 0 Å². The minimum absolute atomic E-state index is 0.300. The second-order valence-electron chi connectivity index (χ2n) is 3.78. The van der Waals surface area contributed by atoms with Crippen LogP contribution in [0.1, 0.15) is 10.4 Å². The molecule has 104 valence electrons. The standard InChI is InChI=1S/C14H9F3O3/c15-14(16,17)20-12-7-5-11(6-8-12)19-13-4-2-1-3-10(13)9-18/h1-9H. The molecule has 0 aliphatic heterocycles. The Bertz CT molecular complexity index is 591. The quantitative estimate of drug-likeness (QED) is 0.789. The molecule has 2 aromatic rings. The van der Waals surface area contributed by atoms with Gasteiger partial charge >= 0.3 is 6.36 Å². The molecule has 0 aromatic heterocycles. The van der Waals surface area contributed by atoms with E-state index in [1.54, 1.807) is 24.3 Å². The van der Waals surface area contributed by atoms with Gasteiger partial charge in [0, 0.05) is 0 Å². The predicted molar refractivity (Wildman–Crippen MR) is 65.0 cm³/mol. The van der Waals surface area contributed by atoms with Crippen LogP contribution in [0.3, 0.4) is 0 Å². The average molecular weight is 282 g/mol. The van der Waals surface area contributed by atoms with Gasteiger partial charge in [0.2, 0.25) is 0 Å². The predicted octanol–water partition coefficient (Wildman–Crippen LogP) is 4.19. The van der Waals surface area contributed by atoms with Crippen LogP contribution in [0.5, 0.6) is 17.2 Å². The molecule has 0 amide bonds. The van der Waals surface area contributed by atoms with E-state index in [4.69, 9.17) is 4.74 Å². The number of alkyl halides is 3. The number of halogens is 3. The number of carbonyl (C=O) groups excluding carboxylic acids is 1. The van der Waals surface area contributed by atoms with Crippen molar-refractivity contribution in [2.24, 2.45) is 0 Å². The second-order valence-corrected chi connectivity index (χ2v) is 3.78. The Morgan fingerprint density at radius 3 is 2.10 bits per heavy atom. The smallest absolute Gasteiger partial charge is 0.457 e. The maximum Gasteiger partial charge on any atom is 0.573 e. The highest BCUT2D eigenvalue weighted by atomic mass is 19.4. The van der Waals surface area contributed by atoms with Crippen LogP contribution < -0.4 is 9.47 Å². The van der Waals surface area contributed by atoms with Crippen LogP contribution in [0, 0.1) is 0 Å². The van der Waals surface area contributed by atoms with Crippen molar-refractivity contribution in [3.8, 4) is 17.2 Å². The van der Waals surface area contributed by atoms with Crippen LogP contribution in [-0.4, -0.2) is 12.6 Å². The Morgan fingerprint density at radius 2 is 1.50 bits per heavy atom. The molecule has 0 unspecified atom stereocenters. The highest BCUT2D eigenvalue weighted by Gasteiger charge is 2.30. The van der Waals surface area contributed by atoms with E-state index in [-0.39, 0.29) is 5.75 Å². The summed E-state index contributed by atoms with van der Waals surface area (Å²) in [6.07, 6.45) is -4.09. The third-order valence-electron chi connectivity index (χ3n) is 2.33. The molecule has 0 aliphatic rings. The van der Waals surface area contributed by atoms with Gasteiger partial charge in [0.15, 0.2) is 6.29 Å². The molecule has 0 aliphatic carbocycles. The molecule has 0 bridgehead atoms. The van der Waals surface area contributed by atoms with Gasteiger partial charge in [0.25, 0.3) is 0 Å². The lowest BCUT2D eigenvalue weighted by atomic mass is 10.2. The zero-order valence-electron chi connectivity index (χ0n) is 10.1. The number of rotatable bonds is 4. The van der Waals surface area contributed by atoms with Gasteiger partial charge in [-0.3, -0.25) is 4.79 Å². The van der Waals surface area contributed by atoms with Crippen LogP contribution >= 0.6 is 0 Å². The van der Waals surface area contributed by atoms with Gasteiger partial charge in [-0.25, -0.2) is 0 Å². The molecule has 0 saturated carbocycles. The van der Waals surface area contributed by atoms with Crippen LogP contribution in [0.4, 0.5) is 13.2 Å². The minimum Gasteiger partial charge on any atom is -0.457 e. The molecular weight excluding hydrogens is 273 g/mol. The lowest BCUT2D eigenvalue weighted by Gasteiger charge is -2.10. The van der Waals surface area contributed by atoms with Gasteiger partial charge in [-0.2, -0.15) is 0 Å². The summed E-state index contributed by atoms with van der Waals surface area (Å²) in [7, 11) is 0. The Labute approximate surface area is 112 Å². The SMILES string of the molecule is O=Cc1ccccc1Oc1ccc(OC(F)(F)F)cc1. The molecule has 0 radical (unpaired) electrons. The number of benzene rings is 2. The fourth-order valence-electron chi connectivity index (χ4n) is 1.51. The number of carbonyl (C=O) groups is 1. The lowest BCUT2D eigenvalue weighted by molar-refractivity contribution is -0.274. The summed E-state index contributed by atoms with van der Waals surface area (Å²) in [5, 5.41) is 0. The summed E-state index contributed by atoms with van der Waals surface area (Å²) in [4.78, 5) is 10.8. The van der Waals surface area contributed by atoms with Crippen molar-refractivity contribution in [1.29, 1.82) is 0 Å². The zero-order chi connectivity index (χ0) is 14.6. The van der Waals surface area contributed by atoms with Gasteiger partial charge < -0.3 is 9.47 Å². The summed E-state index contributed by atoms with van der Waals surface area (Å²) in [6.45, 7) is 0. The van der Waals surface area contributed by atoms with E-state index < -0.39 is 6.36 Å². The fraction of sp³-hybridized carbons (Fsp3) is 0.0714. The first kappa shape index (κ1) is 13.9. The molecule has 6 heteroatoms. The van der Waals surface area contributed by atoms with Crippen molar-refractivity contribution in [3.05, 3.63) is 54.1 Å².